The number of aromatic hydroxyl groups is 1. The van der Waals surface area contributed by atoms with Crippen molar-refractivity contribution in [2.75, 3.05) is 0 Å². The number of allylic oxidation sites excluding steroid dienone is 2. The number of aliphatic imine (C=N–C) groups is 2. The van der Waals surface area contributed by atoms with Gasteiger partial charge in [0, 0.05) is 33.6 Å². The van der Waals surface area contributed by atoms with Crippen LogP contribution in [-0.4, -0.2) is 17.5 Å². The van der Waals surface area contributed by atoms with Gasteiger partial charge in [-0.2, -0.15) is 0 Å². The van der Waals surface area contributed by atoms with Crippen LogP contribution in [0.15, 0.2) is 88.9 Å². The standard InChI is InChI=1S/C34H34Cl2N2O/c1-5-22(3)33(18-26(20-37-33)24-10-14-28(35)15-11-24)30-8-7-9-31(32(30)39)34(23(4)6-2)19-27(21-38-34)25-12-16-29(36)17-13-25/h7-23,39H,5-6H2,1-4H3. The van der Waals surface area contributed by atoms with E-state index in [1.165, 1.54) is 0 Å². The number of phenols is 1. The Morgan fingerprint density at radius 3 is 1.41 bits per heavy atom. The van der Waals surface area contributed by atoms with Gasteiger partial charge in [-0.1, -0.05) is 106 Å². The van der Waals surface area contributed by atoms with Gasteiger partial charge in [0.25, 0.3) is 0 Å². The second kappa shape index (κ2) is 10.8. The van der Waals surface area contributed by atoms with E-state index in [4.69, 9.17) is 33.2 Å². The summed E-state index contributed by atoms with van der Waals surface area (Å²) in [5.41, 5.74) is 4.39. The van der Waals surface area contributed by atoms with Crippen LogP contribution in [-0.2, 0) is 11.1 Å². The van der Waals surface area contributed by atoms with Crippen LogP contribution in [0.4, 0.5) is 0 Å². The lowest BCUT2D eigenvalue weighted by Crippen LogP contribution is -2.31. The summed E-state index contributed by atoms with van der Waals surface area (Å²) >= 11 is 12.3. The third-order valence-electron chi connectivity index (χ3n) is 8.57. The lowest BCUT2D eigenvalue weighted by atomic mass is 9.72. The second-order valence-corrected chi connectivity index (χ2v) is 11.6. The Morgan fingerprint density at radius 1 is 0.667 bits per heavy atom. The van der Waals surface area contributed by atoms with Crippen LogP contribution in [0.5, 0.6) is 5.75 Å². The molecule has 1 N–H and O–H groups in total. The summed E-state index contributed by atoms with van der Waals surface area (Å²) in [6.45, 7) is 8.73. The minimum atomic E-state index is -0.689. The highest BCUT2D eigenvalue weighted by atomic mass is 35.5. The molecule has 3 nitrogen and oxygen atoms in total. The second-order valence-electron chi connectivity index (χ2n) is 10.7. The van der Waals surface area contributed by atoms with Crippen molar-refractivity contribution >= 4 is 46.8 Å². The van der Waals surface area contributed by atoms with Gasteiger partial charge in [-0.25, -0.2) is 0 Å². The van der Waals surface area contributed by atoms with Crippen LogP contribution in [0.25, 0.3) is 11.1 Å². The summed E-state index contributed by atoms with van der Waals surface area (Å²) in [5, 5.41) is 13.5. The zero-order valence-corrected chi connectivity index (χ0v) is 24.3. The van der Waals surface area contributed by atoms with E-state index < -0.39 is 11.1 Å². The highest BCUT2D eigenvalue weighted by Crippen LogP contribution is 2.52. The molecule has 5 rings (SSSR count). The summed E-state index contributed by atoms with van der Waals surface area (Å²) in [6.07, 6.45) is 10.1. The highest BCUT2D eigenvalue weighted by Gasteiger charge is 2.44. The topological polar surface area (TPSA) is 45.0 Å². The fourth-order valence-electron chi connectivity index (χ4n) is 5.75. The van der Waals surface area contributed by atoms with Crippen molar-refractivity contribution in [3.8, 4) is 5.75 Å². The maximum Gasteiger partial charge on any atom is 0.127 e. The van der Waals surface area contributed by atoms with Crippen molar-refractivity contribution in [3.05, 3.63) is 111 Å². The predicted molar refractivity (Wildman–Crippen MR) is 166 cm³/mol. The number of hydrogen-bond donors (Lipinski definition) is 1. The molecule has 0 fully saturated rings. The molecule has 2 aliphatic heterocycles. The fraction of sp³-hybridized carbons (Fsp3) is 0.294. The van der Waals surface area contributed by atoms with Crippen LogP contribution in [0.2, 0.25) is 10.0 Å². The molecule has 4 atom stereocenters. The first-order valence-electron chi connectivity index (χ1n) is 13.6. The summed E-state index contributed by atoms with van der Waals surface area (Å²) in [5.74, 6) is 0.576. The highest BCUT2D eigenvalue weighted by molar-refractivity contribution is 6.31. The van der Waals surface area contributed by atoms with Crippen molar-refractivity contribution < 1.29 is 5.11 Å². The van der Waals surface area contributed by atoms with E-state index in [0.29, 0.717) is 10.0 Å². The minimum Gasteiger partial charge on any atom is -0.507 e. The van der Waals surface area contributed by atoms with Crippen LogP contribution in [0, 0.1) is 11.8 Å². The Labute approximate surface area is 241 Å². The van der Waals surface area contributed by atoms with Crippen LogP contribution in [0.3, 0.4) is 0 Å². The number of para-hydroxylation sites is 1. The lowest BCUT2D eigenvalue weighted by molar-refractivity contribution is 0.328. The SMILES string of the molecule is CCC(C)C1(c2cccc(C3(C(C)CC)C=C(c4ccc(Cl)cc4)C=N3)c2O)C=C(c2ccc(Cl)cc2)C=N1. The molecule has 39 heavy (non-hydrogen) atoms. The van der Waals surface area contributed by atoms with Gasteiger partial charge < -0.3 is 5.11 Å². The van der Waals surface area contributed by atoms with E-state index in [9.17, 15) is 5.11 Å². The molecule has 200 valence electrons. The number of halogens is 2. The van der Waals surface area contributed by atoms with Gasteiger partial charge in [0.2, 0.25) is 0 Å². The first kappa shape index (κ1) is 27.4. The molecule has 0 aliphatic carbocycles. The molecule has 3 aromatic carbocycles. The van der Waals surface area contributed by atoms with Gasteiger partial charge in [-0.15, -0.1) is 0 Å². The van der Waals surface area contributed by atoms with Gasteiger partial charge in [0.05, 0.1) is 0 Å². The third-order valence-corrected chi connectivity index (χ3v) is 9.07. The average molecular weight is 558 g/mol. The number of rotatable bonds is 8. The van der Waals surface area contributed by atoms with Gasteiger partial charge in [-0.05, 0) is 70.5 Å². The Balaban J connectivity index is 1.65. The third kappa shape index (κ3) is 4.77. The van der Waals surface area contributed by atoms with E-state index in [1.807, 2.05) is 79.2 Å². The Bertz CT molecular complexity index is 1380. The summed E-state index contributed by atoms with van der Waals surface area (Å²) < 4.78 is 0. The molecule has 0 saturated heterocycles. The zero-order valence-electron chi connectivity index (χ0n) is 22.8. The van der Waals surface area contributed by atoms with Gasteiger partial charge in [-0.3, -0.25) is 9.98 Å². The molecular weight excluding hydrogens is 523 g/mol. The molecule has 2 aliphatic rings. The zero-order chi connectivity index (χ0) is 27.8. The Kier molecular flexibility index (Phi) is 7.59. The molecule has 3 aromatic rings. The smallest absolute Gasteiger partial charge is 0.127 e. The van der Waals surface area contributed by atoms with E-state index in [-0.39, 0.29) is 17.6 Å². The maximum absolute atomic E-state index is 12.1. The van der Waals surface area contributed by atoms with Crippen molar-refractivity contribution in [3.63, 3.8) is 0 Å². The summed E-state index contributed by atoms with van der Waals surface area (Å²) in [4.78, 5) is 10.2. The monoisotopic (exact) mass is 556 g/mol. The molecule has 0 bridgehead atoms. The molecule has 0 radical (unpaired) electrons. The van der Waals surface area contributed by atoms with E-state index >= 15 is 0 Å². The predicted octanol–water partition coefficient (Wildman–Crippen LogP) is 9.52. The minimum absolute atomic E-state index is 0.159. The molecule has 0 spiro atoms. The van der Waals surface area contributed by atoms with Crippen LogP contribution >= 0.6 is 23.2 Å². The van der Waals surface area contributed by atoms with Gasteiger partial charge in [0.1, 0.15) is 16.8 Å². The molecule has 2 heterocycles. The van der Waals surface area contributed by atoms with Gasteiger partial charge >= 0.3 is 0 Å². The van der Waals surface area contributed by atoms with Crippen molar-refractivity contribution in [1.29, 1.82) is 0 Å². The first-order valence-corrected chi connectivity index (χ1v) is 14.4. The molecule has 0 saturated carbocycles. The Morgan fingerprint density at radius 2 is 1.05 bits per heavy atom. The largest absolute Gasteiger partial charge is 0.507 e. The first-order chi connectivity index (χ1) is 18.7. The summed E-state index contributed by atoms with van der Waals surface area (Å²) in [7, 11) is 0. The maximum atomic E-state index is 12.1. The summed E-state index contributed by atoms with van der Waals surface area (Å²) in [6, 6.07) is 21.7. The van der Waals surface area contributed by atoms with E-state index in [2.05, 4.69) is 39.8 Å². The molecule has 0 aromatic heterocycles. The number of hydrogen-bond acceptors (Lipinski definition) is 3. The normalized spacial score (nSPS) is 23.5. The molecular formula is C34H34Cl2N2O. The number of phenolic OH excluding ortho intramolecular Hbond substituents is 1. The molecule has 5 heteroatoms. The molecule has 0 amide bonds. The van der Waals surface area contributed by atoms with Crippen LogP contribution in [0.1, 0.15) is 62.8 Å². The fourth-order valence-corrected chi connectivity index (χ4v) is 6.01. The van der Waals surface area contributed by atoms with Crippen molar-refractivity contribution in [2.24, 2.45) is 21.8 Å². The number of nitrogens with zero attached hydrogens (tertiary/aromatic N) is 2. The van der Waals surface area contributed by atoms with Crippen LogP contribution < -0.4 is 0 Å². The van der Waals surface area contributed by atoms with E-state index in [1.54, 1.807) is 0 Å². The number of benzene rings is 3. The van der Waals surface area contributed by atoms with E-state index in [0.717, 1.165) is 46.2 Å². The van der Waals surface area contributed by atoms with Crippen molar-refractivity contribution in [1.82, 2.24) is 0 Å². The average Bonchev–Trinajstić information content (AvgIpc) is 3.60. The quantitative estimate of drug-likeness (QED) is 0.295. The Hall–Kier alpha value is -3.14. The van der Waals surface area contributed by atoms with Gasteiger partial charge in [0.15, 0.2) is 0 Å². The van der Waals surface area contributed by atoms with Crippen molar-refractivity contribution in [2.45, 2.75) is 51.6 Å². The molecule has 4 unspecified atom stereocenters. The lowest BCUT2D eigenvalue weighted by Gasteiger charge is -2.36.